The van der Waals surface area contributed by atoms with Crippen molar-refractivity contribution in [1.29, 1.82) is 0 Å². The maximum atomic E-state index is 9.49. The average molecular weight is 365 g/mol. The lowest BCUT2D eigenvalue weighted by Gasteiger charge is -2.06. The van der Waals surface area contributed by atoms with Gasteiger partial charge >= 0.3 is 0 Å². The predicted octanol–water partition coefficient (Wildman–Crippen LogP) is 3.63. The van der Waals surface area contributed by atoms with Crippen molar-refractivity contribution in [3.63, 3.8) is 0 Å². The molecule has 0 saturated heterocycles. The maximum Gasteiger partial charge on any atom is 0.208 e. The molecule has 0 amide bonds. The van der Waals surface area contributed by atoms with Crippen LogP contribution in [0.3, 0.4) is 0 Å². The van der Waals surface area contributed by atoms with Crippen LogP contribution in [0.2, 0.25) is 0 Å². The molecule has 96 valence electrons. The lowest BCUT2D eigenvalue weighted by atomic mass is 10.3. The monoisotopic (exact) mass is 365 g/mol. The van der Waals surface area contributed by atoms with Gasteiger partial charge in [0.05, 0.1) is 11.0 Å². The lowest BCUT2D eigenvalue weighted by Crippen LogP contribution is -1.98. The molecule has 1 aromatic heterocycles. The van der Waals surface area contributed by atoms with Crippen LogP contribution >= 0.6 is 22.6 Å². The van der Waals surface area contributed by atoms with Gasteiger partial charge in [0, 0.05) is 22.4 Å². The number of fused-ring (bicyclic) bond motifs is 1. The molecule has 5 heteroatoms. The molecule has 3 rings (SSSR count). The van der Waals surface area contributed by atoms with Crippen molar-refractivity contribution in [3.05, 3.63) is 46.0 Å². The van der Waals surface area contributed by atoms with Crippen molar-refractivity contribution < 1.29 is 5.11 Å². The molecule has 4 nitrogen and oxygen atoms in total. The molecule has 0 bridgehead atoms. The van der Waals surface area contributed by atoms with E-state index in [2.05, 4.69) is 39.0 Å². The number of anilines is 2. The number of aromatic nitrogens is 2. The topological polar surface area (TPSA) is 50.1 Å². The van der Waals surface area contributed by atoms with E-state index in [1.54, 1.807) is 12.1 Å². The summed E-state index contributed by atoms with van der Waals surface area (Å²) in [6, 6.07) is 13.3. The van der Waals surface area contributed by atoms with Crippen LogP contribution in [0.25, 0.3) is 11.0 Å². The van der Waals surface area contributed by atoms with Crippen LogP contribution in [0.15, 0.2) is 42.5 Å². The summed E-state index contributed by atoms with van der Waals surface area (Å²) >= 11 is 2.28. The van der Waals surface area contributed by atoms with Gasteiger partial charge in [-0.05, 0) is 52.9 Å². The Morgan fingerprint density at radius 2 is 2.05 bits per heavy atom. The van der Waals surface area contributed by atoms with Crippen LogP contribution in [-0.2, 0) is 7.05 Å². The molecule has 3 aromatic rings. The van der Waals surface area contributed by atoms with E-state index in [-0.39, 0.29) is 5.75 Å². The summed E-state index contributed by atoms with van der Waals surface area (Å²) in [5.74, 6) is 0.981. The third kappa shape index (κ3) is 2.37. The Bertz CT molecular complexity index is 752. The highest BCUT2D eigenvalue weighted by Crippen LogP contribution is 2.24. The van der Waals surface area contributed by atoms with Gasteiger partial charge < -0.3 is 15.0 Å². The first kappa shape index (κ1) is 12.3. The number of phenols is 1. The van der Waals surface area contributed by atoms with Crippen molar-refractivity contribution in [1.82, 2.24) is 9.55 Å². The second-order valence-corrected chi connectivity index (χ2v) is 5.55. The molecule has 0 saturated carbocycles. The highest BCUT2D eigenvalue weighted by atomic mass is 127. The molecule has 0 fully saturated rings. The Morgan fingerprint density at radius 1 is 1.21 bits per heavy atom. The molecule has 0 spiro atoms. The Hall–Kier alpha value is -1.76. The second kappa shape index (κ2) is 4.73. The molecule has 2 aromatic carbocycles. The fourth-order valence-electron chi connectivity index (χ4n) is 2.00. The zero-order valence-electron chi connectivity index (χ0n) is 10.3. The summed E-state index contributed by atoms with van der Waals surface area (Å²) in [6.07, 6.45) is 0. The van der Waals surface area contributed by atoms with Gasteiger partial charge in [-0.2, -0.15) is 0 Å². The van der Waals surface area contributed by atoms with E-state index >= 15 is 0 Å². The van der Waals surface area contributed by atoms with E-state index in [0.29, 0.717) is 0 Å². The fraction of sp³-hybridized carbons (Fsp3) is 0.0714. The van der Waals surface area contributed by atoms with Gasteiger partial charge in [-0.1, -0.05) is 6.07 Å². The first-order valence-corrected chi connectivity index (χ1v) is 6.89. The minimum Gasteiger partial charge on any atom is -0.508 e. The normalized spacial score (nSPS) is 10.8. The standard InChI is InChI=1S/C14H12IN3O/c1-18-13-6-5-11(19)8-12(13)17-14(18)16-10-4-2-3-9(15)7-10/h2-8,19H,1H3,(H,16,17). The number of imidazole rings is 1. The molecule has 0 aliphatic carbocycles. The summed E-state index contributed by atoms with van der Waals surface area (Å²) in [7, 11) is 1.95. The highest BCUT2D eigenvalue weighted by Gasteiger charge is 2.08. The molecular weight excluding hydrogens is 353 g/mol. The summed E-state index contributed by atoms with van der Waals surface area (Å²) in [5, 5.41) is 12.8. The van der Waals surface area contributed by atoms with E-state index in [1.165, 1.54) is 3.57 Å². The summed E-state index contributed by atoms with van der Waals surface area (Å²) in [6.45, 7) is 0. The number of phenolic OH excluding ortho intramolecular Hbond substituents is 1. The van der Waals surface area contributed by atoms with E-state index in [9.17, 15) is 5.11 Å². The number of hydrogen-bond donors (Lipinski definition) is 2. The summed E-state index contributed by atoms with van der Waals surface area (Å²) in [4.78, 5) is 4.49. The molecule has 0 aliphatic rings. The molecule has 0 atom stereocenters. The number of aryl methyl sites for hydroxylation is 1. The molecule has 0 unspecified atom stereocenters. The summed E-state index contributed by atoms with van der Waals surface area (Å²) < 4.78 is 3.13. The van der Waals surface area contributed by atoms with Gasteiger partial charge in [0.25, 0.3) is 0 Å². The smallest absolute Gasteiger partial charge is 0.208 e. The van der Waals surface area contributed by atoms with Gasteiger partial charge in [-0.15, -0.1) is 0 Å². The van der Waals surface area contributed by atoms with Crippen LogP contribution < -0.4 is 5.32 Å². The Kier molecular flexibility index (Phi) is 3.06. The summed E-state index contributed by atoms with van der Waals surface area (Å²) in [5.41, 5.74) is 2.75. The van der Waals surface area contributed by atoms with Crippen molar-refractivity contribution in [2.45, 2.75) is 0 Å². The third-order valence-corrected chi connectivity index (χ3v) is 3.62. The Morgan fingerprint density at radius 3 is 2.84 bits per heavy atom. The number of nitrogens with zero attached hydrogens (tertiary/aromatic N) is 2. The minimum absolute atomic E-state index is 0.228. The first-order valence-electron chi connectivity index (χ1n) is 5.81. The molecule has 0 aliphatic heterocycles. The first-order chi connectivity index (χ1) is 9.13. The van der Waals surface area contributed by atoms with Gasteiger partial charge in [0.15, 0.2) is 0 Å². The Labute approximate surface area is 124 Å². The molecular formula is C14H12IN3O. The van der Waals surface area contributed by atoms with Gasteiger partial charge in [0.2, 0.25) is 5.95 Å². The average Bonchev–Trinajstić information content (AvgIpc) is 2.66. The molecule has 1 heterocycles. The number of benzene rings is 2. The van der Waals surface area contributed by atoms with Gasteiger partial charge in [0.1, 0.15) is 5.75 Å². The second-order valence-electron chi connectivity index (χ2n) is 4.30. The largest absolute Gasteiger partial charge is 0.508 e. The fourth-order valence-corrected chi connectivity index (χ4v) is 2.54. The van der Waals surface area contributed by atoms with E-state index in [0.717, 1.165) is 22.7 Å². The van der Waals surface area contributed by atoms with Crippen molar-refractivity contribution in [3.8, 4) is 5.75 Å². The molecule has 19 heavy (non-hydrogen) atoms. The van der Waals surface area contributed by atoms with Crippen molar-refractivity contribution in [2.24, 2.45) is 7.05 Å². The van der Waals surface area contributed by atoms with Gasteiger partial charge in [-0.3, -0.25) is 0 Å². The predicted molar refractivity (Wildman–Crippen MR) is 84.8 cm³/mol. The quantitative estimate of drug-likeness (QED) is 0.682. The molecule has 2 N–H and O–H groups in total. The van der Waals surface area contributed by atoms with Crippen LogP contribution in [-0.4, -0.2) is 14.7 Å². The van der Waals surface area contributed by atoms with Crippen LogP contribution in [0, 0.1) is 3.57 Å². The van der Waals surface area contributed by atoms with Crippen LogP contribution in [0.4, 0.5) is 11.6 Å². The van der Waals surface area contributed by atoms with Gasteiger partial charge in [-0.25, -0.2) is 4.98 Å². The van der Waals surface area contributed by atoms with Crippen molar-refractivity contribution >= 4 is 45.3 Å². The number of rotatable bonds is 2. The Balaban J connectivity index is 2.03. The number of nitrogens with one attached hydrogen (secondary N) is 1. The van der Waals surface area contributed by atoms with Crippen LogP contribution in [0.5, 0.6) is 5.75 Å². The number of aromatic hydroxyl groups is 1. The number of halogens is 1. The minimum atomic E-state index is 0.228. The van der Waals surface area contributed by atoms with E-state index in [1.807, 2.05) is 35.9 Å². The molecule has 0 radical (unpaired) electrons. The highest BCUT2D eigenvalue weighted by molar-refractivity contribution is 14.1. The zero-order chi connectivity index (χ0) is 13.4. The number of hydrogen-bond acceptors (Lipinski definition) is 3. The maximum absolute atomic E-state index is 9.49. The van der Waals surface area contributed by atoms with E-state index < -0.39 is 0 Å². The lowest BCUT2D eigenvalue weighted by molar-refractivity contribution is 0.476. The van der Waals surface area contributed by atoms with E-state index in [4.69, 9.17) is 0 Å². The van der Waals surface area contributed by atoms with Crippen molar-refractivity contribution in [2.75, 3.05) is 5.32 Å². The SMILES string of the molecule is Cn1c(Nc2cccc(I)c2)nc2cc(O)ccc21. The zero-order valence-corrected chi connectivity index (χ0v) is 12.4. The third-order valence-electron chi connectivity index (χ3n) is 2.95. The van der Waals surface area contributed by atoms with Crippen LogP contribution in [0.1, 0.15) is 0 Å².